The summed E-state index contributed by atoms with van der Waals surface area (Å²) in [6.07, 6.45) is 4.52. The third-order valence-electron chi connectivity index (χ3n) is 3.18. The molecule has 4 heteroatoms. The van der Waals surface area contributed by atoms with E-state index in [2.05, 4.69) is 42.9 Å². The number of benzene rings is 1. The molecule has 0 spiro atoms. The van der Waals surface area contributed by atoms with Crippen molar-refractivity contribution in [2.24, 2.45) is 0 Å². The first-order valence-corrected chi connectivity index (χ1v) is 7.76. The summed E-state index contributed by atoms with van der Waals surface area (Å²) in [5.74, 6) is 2.00. The third-order valence-corrected chi connectivity index (χ3v) is 4.14. The summed E-state index contributed by atoms with van der Waals surface area (Å²) in [5, 5.41) is 0.829. The molecule has 20 heavy (non-hydrogen) atoms. The first kappa shape index (κ1) is 14.9. The minimum absolute atomic E-state index is 0.727. The van der Waals surface area contributed by atoms with Gasteiger partial charge in [0.1, 0.15) is 5.75 Å². The summed E-state index contributed by atoms with van der Waals surface area (Å²) in [6, 6.07) is 6.08. The molecule has 0 radical (unpaired) electrons. The zero-order valence-corrected chi connectivity index (χ0v) is 13.0. The van der Waals surface area contributed by atoms with Gasteiger partial charge in [-0.2, -0.15) is 0 Å². The second-order valence-electron chi connectivity index (χ2n) is 4.74. The largest absolute Gasteiger partial charge is 0.493 e. The van der Waals surface area contributed by atoms with E-state index in [0.717, 1.165) is 29.7 Å². The van der Waals surface area contributed by atoms with Crippen LogP contribution in [0, 0.1) is 20.8 Å². The smallest absolute Gasteiger partial charge is 0.187 e. The highest BCUT2D eigenvalue weighted by molar-refractivity contribution is 7.99. The molecule has 0 N–H and O–H groups in total. The Hall–Kier alpha value is -1.55. The molecule has 3 nitrogen and oxygen atoms in total. The molecule has 0 atom stereocenters. The zero-order valence-electron chi connectivity index (χ0n) is 12.2. The summed E-state index contributed by atoms with van der Waals surface area (Å²) < 4.78 is 5.93. The molecule has 0 saturated carbocycles. The Bertz CT molecular complexity index is 558. The van der Waals surface area contributed by atoms with Gasteiger partial charge in [0.05, 0.1) is 6.61 Å². The second-order valence-corrected chi connectivity index (χ2v) is 5.80. The normalized spacial score (nSPS) is 10.6. The molecule has 0 fully saturated rings. The van der Waals surface area contributed by atoms with E-state index < -0.39 is 0 Å². The molecule has 1 aromatic heterocycles. The number of aromatic nitrogens is 2. The first-order chi connectivity index (χ1) is 9.68. The highest BCUT2D eigenvalue weighted by Crippen LogP contribution is 2.26. The fourth-order valence-corrected chi connectivity index (χ4v) is 2.62. The van der Waals surface area contributed by atoms with Crippen molar-refractivity contribution in [1.29, 1.82) is 0 Å². The molecule has 106 valence electrons. The molecule has 0 aliphatic rings. The van der Waals surface area contributed by atoms with Crippen LogP contribution >= 0.6 is 11.8 Å². The summed E-state index contributed by atoms with van der Waals surface area (Å²) >= 11 is 1.66. The lowest BCUT2D eigenvalue weighted by atomic mass is 10.1. The quantitative estimate of drug-likeness (QED) is 0.458. The predicted octanol–water partition coefficient (Wildman–Crippen LogP) is 3.96. The van der Waals surface area contributed by atoms with E-state index in [-0.39, 0.29) is 0 Å². The average Bonchev–Trinajstić information content (AvgIpc) is 2.47. The third kappa shape index (κ3) is 3.97. The van der Waals surface area contributed by atoms with E-state index in [1.807, 2.05) is 6.07 Å². The van der Waals surface area contributed by atoms with E-state index in [1.54, 1.807) is 24.2 Å². The van der Waals surface area contributed by atoms with Crippen LogP contribution in [-0.2, 0) is 0 Å². The van der Waals surface area contributed by atoms with Gasteiger partial charge in [-0.05, 0) is 49.9 Å². The van der Waals surface area contributed by atoms with Crippen molar-refractivity contribution in [2.75, 3.05) is 12.4 Å². The standard InChI is InChI=1S/C16H20N2OS/c1-12-6-7-13(2)15(14(12)3)19-10-5-11-20-16-17-8-4-9-18-16/h4,6-9H,5,10-11H2,1-3H3. The van der Waals surface area contributed by atoms with Gasteiger partial charge >= 0.3 is 0 Å². The number of thioether (sulfide) groups is 1. The Morgan fingerprint density at radius 3 is 2.50 bits per heavy atom. The number of aryl methyl sites for hydroxylation is 2. The van der Waals surface area contributed by atoms with Crippen LogP contribution in [0.4, 0.5) is 0 Å². The number of ether oxygens (including phenoxy) is 1. The maximum atomic E-state index is 5.93. The van der Waals surface area contributed by atoms with Crippen LogP contribution in [0.2, 0.25) is 0 Å². The fraction of sp³-hybridized carbons (Fsp3) is 0.375. The van der Waals surface area contributed by atoms with Crippen molar-refractivity contribution in [2.45, 2.75) is 32.3 Å². The monoisotopic (exact) mass is 288 g/mol. The maximum absolute atomic E-state index is 5.93. The van der Waals surface area contributed by atoms with Crippen molar-refractivity contribution < 1.29 is 4.74 Å². The van der Waals surface area contributed by atoms with Crippen LogP contribution in [0.25, 0.3) is 0 Å². The van der Waals surface area contributed by atoms with Gasteiger partial charge in [0.2, 0.25) is 0 Å². The van der Waals surface area contributed by atoms with Crippen molar-refractivity contribution in [1.82, 2.24) is 9.97 Å². The topological polar surface area (TPSA) is 35.0 Å². The van der Waals surface area contributed by atoms with Crippen LogP contribution in [0.3, 0.4) is 0 Å². The second kappa shape index (κ2) is 7.29. The molecule has 0 aliphatic carbocycles. The van der Waals surface area contributed by atoms with E-state index in [0.29, 0.717) is 0 Å². The molecular formula is C16H20N2OS. The summed E-state index contributed by atoms with van der Waals surface area (Å²) in [7, 11) is 0. The van der Waals surface area contributed by atoms with Crippen molar-refractivity contribution in [3.63, 3.8) is 0 Å². The molecule has 2 rings (SSSR count). The Kier molecular flexibility index (Phi) is 5.41. The Balaban J connectivity index is 1.78. The van der Waals surface area contributed by atoms with Crippen LogP contribution < -0.4 is 4.74 Å². The number of hydrogen-bond donors (Lipinski definition) is 0. The number of hydrogen-bond acceptors (Lipinski definition) is 4. The minimum Gasteiger partial charge on any atom is -0.493 e. The van der Waals surface area contributed by atoms with Gasteiger partial charge in [0.25, 0.3) is 0 Å². The van der Waals surface area contributed by atoms with Crippen molar-refractivity contribution >= 4 is 11.8 Å². The number of rotatable bonds is 6. The SMILES string of the molecule is Cc1ccc(C)c(OCCCSc2ncccn2)c1C. The number of nitrogens with zero attached hydrogens (tertiary/aromatic N) is 2. The van der Waals surface area contributed by atoms with Gasteiger partial charge in [0.15, 0.2) is 5.16 Å². The molecule has 0 bridgehead atoms. The summed E-state index contributed by atoms with van der Waals surface area (Å²) in [5.41, 5.74) is 3.72. The molecule has 0 aliphatic heterocycles. The lowest BCUT2D eigenvalue weighted by Gasteiger charge is -2.13. The summed E-state index contributed by atoms with van der Waals surface area (Å²) in [4.78, 5) is 8.37. The lowest BCUT2D eigenvalue weighted by Crippen LogP contribution is -2.03. The van der Waals surface area contributed by atoms with E-state index >= 15 is 0 Å². The molecule has 2 aromatic rings. The lowest BCUT2D eigenvalue weighted by molar-refractivity contribution is 0.314. The Labute approximate surface area is 124 Å². The molecular weight excluding hydrogens is 268 g/mol. The Morgan fingerprint density at radius 2 is 1.75 bits per heavy atom. The minimum atomic E-state index is 0.727. The van der Waals surface area contributed by atoms with Gasteiger partial charge in [-0.25, -0.2) is 9.97 Å². The highest BCUT2D eigenvalue weighted by atomic mass is 32.2. The Morgan fingerprint density at radius 1 is 1.05 bits per heavy atom. The van der Waals surface area contributed by atoms with E-state index in [1.165, 1.54) is 16.7 Å². The van der Waals surface area contributed by atoms with Crippen LogP contribution in [0.1, 0.15) is 23.1 Å². The molecule has 1 aromatic carbocycles. The van der Waals surface area contributed by atoms with E-state index in [9.17, 15) is 0 Å². The molecule has 1 heterocycles. The predicted molar refractivity (Wildman–Crippen MR) is 83.5 cm³/mol. The fourth-order valence-electron chi connectivity index (χ4n) is 1.90. The molecule has 0 saturated heterocycles. The maximum Gasteiger partial charge on any atom is 0.187 e. The van der Waals surface area contributed by atoms with Crippen LogP contribution in [0.15, 0.2) is 35.7 Å². The molecule has 0 unspecified atom stereocenters. The molecule has 0 amide bonds. The van der Waals surface area contributed by atoms with Gasteiger partial charge < -0.3 is 4.74 Å². The van der Waals surface area contributed by atoms with Gasteiger partial charge in [-0.3, -0.25) is 0 Å². The van der Waals surface area contributed by atoms with Gasteiger partial charge in [0, 0.05) is 18.1 Å². The van der Waals surface area contributed by atoms with E-state index in [4.69, 9.17) is 4.74 Å². The zero-order chi connectivity index (χ0) is 14.4. The van der Waals surface area contributed by atoms with Crippen molar-refractivity contribution in [3.05, 3.63) is 47.3 Å². The van der Waals surface area contributed by atoms with Gasteiger partial charge in [-0.1, -0.05) is 23.9 Å². The van der Waals surface area contributed by atoms with Crippen molar-refractivity contribution in [3.8, 4) is 5.75 Å². The van der Waals surface area contributed by atoms with Crippen LogP contribution in [-0.4, -0.2) is 22.3 Å². The highest BCUT2D eigenvalue weighted by Gasteiger charge is 2.06. The van der Waals surface area contributed by atoms with Gasteiger partial charge in [-0.15, -0.1) is 0 Å². The first-order valence-electron chi connectivity index (χ1n) is 6.78. The summed E-state index contributed by atoms with van der Waals surface area (Å²) in [6.45, 7) is 7.05. The average molecular weight is 288 g/mol. The van der Waals surface area contributed by atoms with Crippen LogP contribution in [0.5, 0.6) is 5.75 Å².